The highest BCUT2D eigenvalue weighted by molar-refractivity contribution is 5.81. The van der Waals surface area contributed by atoms with Gasteiger partial charge in [-0.2, -0.15) is 0 Å². The quantitative estimate of drug-likeness (QED) is 0.766. The molecule has 4 heteroatoms. The first-order valence-electron chi connectivity index (χ1n) is 6.81. The highest BCUT2D eigenvalue weighted by Crippen LogP contribution is 2.21. The van der Waals surface area contributed by atoms with Gasteiger partial charge in [0.1, 0.15) is 11.3 Å². The van der Waals surface area contributed by atoms with Gasteiger partial charge in [0.25, 0.3) is 5.56 Å². The maximum Gasteiger partial charge on any atom is 0.275 e. The molecule has 0 aliphatic carbocycles. The van der Waals surface area contributed by atoms with Gasteiger partial charge in [0.2, 0.25) is 0 Å². The SMILES string of the molecule is CC(C)Cc1nc2cc(-c3ccccc3)[nH]c2c(=O)[nH]1. The molecule has 2 N–H and O–H groups in total. The van der Waals surface area contributed by atoms with Crippen LogP contribution in [0.5, 0.6) is 0 Å². The van der Waals surface area contributed by atoms with E-state index in [0.29, 0.717) is 11.4 Å². The van der Waals surface area contributed by atoms with Crippen molar-refractivity contribution < 1.29 is 0 Å². The molecule has 0 radical (unpaired) electrons. The van der Waals surface area contributed by atoms with Gasteiger partial charge in [0.05, 0.1) is 5.52 Å². The fraction of sp³-hybridized carbons (Fsp3) is 0.250. The van der Waals surface area contributed by atoms with Crippen LogP contribution in [0, 0.1) is 5.92 Å². The molecule has 0 amide bonds. The Kier molecular flexibility index (Phi) is 3.14. The number of H-pyrrole nitrogens is 2. The summed E-state index contributed by atoms with van der Waals surface area (Å²) in [6, 6.07) is 11.9. The minimum Gasteiger partial charge on any atom is -0.349 e. The molecule has 4 nitrogen and oxygen atoms in total. The molecule has 0 atom stereocenters. The van der Waals surface area contributed by atoms with Crippen LogP contribution < -0.4 is 5.56 Å². The van der Waals surface area contributed by atoms with Crippen LogP contribution in [0.25, 0.3) is 22.3 Å². The van der Waals surface area contributed by atoms with E-state index in [9.17, 15) is 4.79 Å². The third-order valence-electron chi connectivity index (χ3n) is 3.22. The highest BCUT2D eigenvalue weighted by Gasteiger charge is 2.10. The minimum atomic E-state index is -0.104. The van der Waals surface area contributed by atoms with Crippen LogP contribution >= 0.6 is 0 Å². The molecule has 3 rings (SSSR count). The molecule has 0 spiro atoms. The smallest absolute Gasteiger partial charge is 0.275 e. The molecule has 0 fully saturated rings. The highest BCUT2D eigenvalue weighted by atomic mass is 16.1. The molecule has 102 valence electrons. The summed E-state index contributed by atoms with van der Waals surface area (Å²) in [5, 5.41) is 0. The molecular formula is C16H17N3O. The first kappa shape index (κ1) is 12.7. The molecular weight excluding hydrogens is 250 g/mol. The first-order chi connectivity index (χ1) is 9.63. The summed E-state index contributed by atoms with van der Waals surface area (Å²) >= 11 is 0. The van der Waals surface area contributed by atoms with E-state index in [4.69, 9.17) is 0 Å². The van der Waals surface area contributed by atoms with E-state index in [-0.39, 0.29) is 5.56 Å². The minimum absolute atomic E-state index is 0.104. The number of nitrogens with one attached hydrogen (secondary N) is 2. The second-order valence-corrected chi connectivity index (χ2v) is 5.42. The van der Waals surface area contributed by atoms with Crippen LogP contribution in [0.1, 0.15) is 19.7 Å². The third kappa shape index (κ3) is 2.37. The largest absolute Gasteiger partial charge is 0.349 e. The summed E-state index contributed by atoms with van der Waals surface area (Å²) in [6.45, 7) is 4.22. The molecule has 0 aliphatic rings. The van der Waals surface area contributed by atoms with Crippen LogP contribution in [0.4, 0.5) is 0 Å². The zero-order chi connectivity index (χ0) is 14.1. The monoisotopic (exact) mass is 267 g/mol. The fourth-order valence-corrected chi connectivity index (χ4v) is 2.33. The predicted molar refractivity (Wildman–Crippen MR) is 80.7 cm³/mol. The van der Waals surface area contributed by atoms with Gasteiger partial charge in [-0.3, -0.25) is 4.79 Å². The lowest BCUT2D eigenvalue weighted by atomic mass is 10.1. The van der Waals surface area contributed by atoms with E-state index in [2.05, 4.69) is 28.8 Å². The normalized spacial score (nSPS) is 11.3. The topological polar surface area (TPSA) is 61.5 Å². The van der Waals surface area contributed by atoms with Crippen molar-refractivity contribution in [3.8, 4) is 11.3 Å². The van der Waals surface area contributed by atoms with Crippen molar-refractivity contribution in [2.24, 2.45) is 5.92 Å². The Balaban J connectivity index is 2.11. The number of hydrogen-bond acceptors (Lipinski definition) is 2. The van der Waals surface area contributed by atoms with Crippen LogP contribution in [0.3, 0.4) is 0 Å². The molecule has 20 heavy (non-hydrogen) atoms. The molecule has 2 heterocycles. The summed E-state index contributed by atoms with van der Waals surface area (Å²) in [7, 11) is 0. The van der Waals surface area contributed by atoms with Gasteiger partial charge >= 0.3 is 0 Å². The van der Waals surface area contributed by atoms with Gasteiger partial charge < -0.3 is 9.97 Å². The van der Waals surface area contributed by atoms with Gasteiger partial charge in [-0.15, -0.1) is 0 Å². The molecule has 2 aromatic heterocycles. The Hall–Kier alpha value is -2.36. The van der Waals surface area contributed by atoms with Gasteiger partial charge in [-0.25, -0.2) is 4.98 Å². The van der Waals surface area contributed by atoms with Crippen LogP contribution in [0.15, 0.2) is 41.2 Å². The summed E-state index contributed by atoms with van der Waals surface area (Å²) in [4.78, 5) is 22.6. The molecule has 0 unspecified atom stereocenters. The molecule has 1 aromatic carbocycles. The van der Waals surface area contributed by atoms with Crippen molar-refractivity contribution in [1.82, 2.24) is 15.0 Å². The number of aromatic nitrogens is 3. The van der Waals surface area contributed by atoms with E-state index in [1.165, 1.54) is 0 Å². The average Bonchev–Trinajstić information content (AvgIpc) is 2.83. The van der Waals surface area contributed by atoms with Crippen molar-refractivity contribution in [1.29, 1.82) is 0 Å². The third-order valence-corrected chi connectivity index (χ3v) is 3.22. The van der Waals surface area contributed by atoms with Gasteiger partial charge in [0, 0.05) is 12.1 Å². The van der Waals surface area contributed by atoms with E-state index in [1.807, 2.05) is 36.4 Å². The van der Waals surface area contributed by atoms with Crippen LogP contribution in [0.2, 0.25) is 0 Å². The Morgan fingerprint density at radius 2 is 1.90 bits per heavy atom. The zero-order valence-electron chi connectivity index (χ0n) is 11.6. The molecule has 0 saturated heterocycles. The second kappa shape index (κ2) is 4.96. The number of benzene rings is 1. The average molecular weight is 267 g/mol. The number of hydrogen-bond donors (Lipinski definition) is 2. The lowest BCUT2D eigenvalue weighted by Gasteiger charge is -2.03. The van der Waals surface area contributed by atoms with Crippen molar-refractivity contribution in [2.75, 3.05) is 0 Å². The fourth-order valence-electron chi connectivity index (χ4n) is 2.33. The number of aromatic amines is 2. The first-order valence-corrected chi connectivity index (χ1v) is 6.81. The van der Waals surface area contributed by atoms with Crippen molar-refractivity contribution in [2.45, 2.75) is 20.3 Å². The number of rotatable bonds is 3. The molecule has 0 bridgehead atoms. The van der Waals surface area contributed by atoms with E-state index >= 15 is 0 Å². The summed E-state index contributed by atoms with van der Waals surface area (Å²) < 4.78 is 0. The van der Waals surface area contributed by atoms with E-state index < -0.39 is 0 Å². The van der Waals surface area contributed by atoms with Crippen molar-refractivity contribution in [3.63, 3.8) is 0 Å². The summed E-state index contributed by atoms with van der Waals surface area (Å²) in [5.74, 6) is 1.21. The van der Waals surface area contributed by atoms with E-state index in [0.717, 1.165) is 29.0 Å². The lowest BCUT2D eigenvalue weighted by molar-refractivity contribution is 0.621. The summed E-state index contributed by atoms with van der Waals surface area (Å²) in [5.41, 5.74) is 3.13. The Bertz CT molecular complexity index is 784. The molecule has 0 aliphatic heterocycles. The van der Waals surface area contributed by atoms with Crippen LogP contribution in [-0.4, -0.2) is 15.0 Å². The maximum absolute atomic E-state index is 12.1. The Morgan fingerprint density at radius 1 is 1.15 bits per heavy atom. The van der Waals surface area contributed by atoms with Crippen molar-refractivity contribution >= 4 is 11.0 Å². The maximum atomic E-state index is 12.1. The summed E-state index contributed by atoms with van der Waals surface area (Å²) in [6.07, 6.45) is 0.775. The van der Waals surface area contributed by atoms with Gasteiger partial charge in [0.15, 0.2) is 0 Å². The van der Waals surface area contributed by atoms with Crippen molar-refractivity contribution in [3.05, 3.63) is 52.6 Å². The Labute approximate surface area is 116 Å². The van der Waals surface area contributed by atoms with Crippen LogP contribution in [-0.2, 0) is 6.42 Å². The predicted octanol–water partition coefficient (Wildman–Crippen LogP) is 3.12. The molecule has 0 saturated carbocycles. The second-order valence-electron chi connectivity index (χ2n) is 5.42. The standard InChI is InChI=1S/C16H17N3O/c1-10(2)8-14-17-13-9-12(11-6-4-3-5-7-11)18-15(13)16(20)19-14/h3-7,9-10,18H,8H2,1-2H3,(H,17,19,20). The zero-order valence-corrected chi connectivity index (χ0v) is 11.6. The van der Waals surface area contributed by atoms with Gasteiger partial charge in [-0.1, -0.05) is 44.2 Å². The number of fused-ring (bicyclic) bond motifs is 1. The number of nitrogens with zero attached hydrogens (tertiary/aromatic N) is 1. The van der Waals surface area contributed by atoms with Gasteiger partial charge in [-0.05, 0) is 17.5 Å². The van der Waals surface area contributed by atoms with E-state index in [1.54, 1.807) is 0 Å². The Morgan fingerprint density at radius 3 is 2.60 bits per heavy atom. The lowest BCUT2D eigenvalue weighted by Crippen LogP contribution is -2.13. The molecule has 3 aromatic rings.